The van der Waals surface area contributed by atoms with E-state index >= 15 is 0 Å². The lowest BCUT2D eigenvalue weighted by Gasteiger charge is -1.58. The minimum absolute atomic E-state index is 1.57. The van der Waals surface area contributed by atoms with Gasteiger partial charge in [-0.1, -0.05) is 0 Å². The predicted molar refractivity (Wildman–Crippen MR) is 43.5 cm³/mol. The van der Waals surface area contributed by atoms with Crippen molar-refractivity contribution in [2.45, 2.75) is 0 Å². The van der Waals surface area contributed by atoms with E-state index in [-0.39, 0.29) is 0 Å². The molecule has 2 nitrogen and oxygen atoms in total. The van der Waals surface area contributed by atoms with E-state index in [1.807, 2.05) is 22.9 Å². The van der Waals surface area contributed by atoms with Crippen LogP contribution in [-0.2, 0) is 0 Å². The monoisotopic (exact) mass is 226 g/mol. The molecule has 0 aromatic rings. The third-order valence-electron chi connectivity index (χ3n) is 0.263. The highest BCUT2D eigenvalue weighted by atomic mass is 127. The lowest BCUT2D eigenvalue weighted by molar-refractivity contribution is 2.03. The summed E-state index contributed by atoms with van der Waals surface area (Å²) in [5.41, 5.74) is 0. The molecule has 0 bridgehead atoms. The lowest BCUT2D eigenvalue weighted by atomic mass is 10.7. The van der Waals surface area contributed by atoms with Crippen LogP contribution in [0.1, 0.15) is 0 Å². The summed E-state index contributed by atoms with van der Waals surface area (Å²) in [6.07, 6.45) is 3.14. The van der Waals surface area contributed by atoms with Crippen LogP contribution in [0, 0.1) is 0 Å². The molecule has 0 aliphatic carbocycles. The Labute approximate surface area is 61.5 Å². The van der Waals surface area contributed by atoms with Crippen LogP contribution in [0.2, 0.25) is 0 Å². The number of nitrogens with zero attached hydrogens (tertiary/aromatic N) is 2. The summed E-state index contributed by atoms with van der Waals surface area (Å²) in [6, 6.07) is 0. The maximum atomic E-state index is 3.61. The Morgan fingerprint density at radius 2 is 2.43 bits per heavy atom. The van der Waals surface area contributed by atoms with Crippen molar-refractivity contribution in [2.24, 2.45) is 7.60 Å². The summed E-state index contributed by atoms with van der Waals surface area (Å²) in [6.45, 7) is 0. The average Bonchev–Trinajstić information content (AvgIpc) is 1.69. The van der Waals surface area contributed by atoms with Crippen molar-refractivity contribution in [1.29, 1.82) is 0 Å². The zero-order chi connectivity index (χ0) is 5.54. The van der Waals surface area contributed by atoms with Gasteiger partial charge in [-0.2, -0.15) is 4.40 Å². The summed E-state index contributed by atoms with van der Waals surface area (Å²) in [4.78, 5) is 0. The molecule has 0 atom stereocenters. The van der Waals surface area contributed by atoms with Crippen LogP contribution in [0.4, 0.5) is 0 Å². The van der Waals surface area contributed by atoms with E-state index in [2.05, 4.69) is 26.3 Å². The van der Waals surface area contributed by atoms with E-state index < -0.39 is 0 Å². The second-order valence-corrected chi connectivity index (χ2v) is 1.40. The van der Waals surface area contributed by atoms with Crippen LogP contribution in [-0.4, -0.2) is 12.1 Å². The van der Waals surface area contributed by atoms with E-state index in [9.17, 15) is 0 Å². The van der Waals surface area contributed by atoms with E-state index in [0.29, 0.717) is 0 Å². The van der Waals surface area contributed by atoms with Crippen molar-refractivity contribution in [3.63, 3.8) is 0 Å². The molecule has 0 spiro atoms. The highest BCUT2D eigenvalue weighted by Gasteiger charge is 1.52. The molecule has 0 heterocycles. The summed E-state index contributed by atoms with van der Waals surface area (Å²) >= 11 is 5.37. The van der Waals surface area contributed by atoms with Gasteiger partial charge in [-0.15, -0.1) is 0 Å². The Morgan fingerprint density at radius 3 is 2.86 bits per heavy atom. The van der Waals surface area contributed by atoms with Gasteiger partial charge < -0.3 is 0 Å². The molecule has 0 aliphatic heterocycles. The van der Waals surface area contributed by atoms with E-state index in [0.717, 1.165) is 0 Å². The van der Waals surface area contributed by atoms with Crippen molar-refractivity contribution >= 4 is 47.8 Å². The fourth-order valence-corrected chi connectivity index (χ4v) is 0.322. The first-order valence-electron chi connectivity index (χ1n) is 1.47. The molecule has 0 N–H and O–H groups in total. The molecule has 4 heteroatoms. The molecule has 0 radical (unpaired) electrons. The second kappa shape index (κ2) is 6.20. The first-order chi connectivity index (χ1) is 3.41. The molecule has 0 unspecified atom stereocenters. The number of hydrogen-bond acceptors (Lipinski definition) is 3. The van der Waals surface area contributed by atoms with Crippen LogP contribution >= 0.6 is 35.7 Å². The van der Waals surface area contributed by atoms with Gasteiger partial charge >= 0.3 is 0 Å². The summed E-state index contributed by atoms with van der Waals surface area (Å²) in [5, 5.41) is 0. The predicted octanol–water partition coefficient (Wildman–Crippen LogP) is 1.48. The Bertz CT molecular complexity index is 114. The van der Waals surface area contributed by atoms with Crippen molar-refractivity contribution < 1.29 is 0 Å². The Kier molecular flexibility index (Phi) is 6.38. The Balaban J connectivity index is 3.48. The molecule has 0 aromatic carbocycles. The minimum Gasteiger partial charge on any atom is -0.222 e. The number of allylic oxidation sites excluding steroid dienone is 1. The molecule has 0 saturated carbocycles. The Morgan fingerprint density at radius 1 is 1.71 bits per heavy atom. The smallest absolute Gasteiger partial charge is 0.0831 e. The van der Waals surface area contributed by atoms with Gasteiger partial charge in [0.05, 0.1) is 22.9 Å². The molecular weight excluding hydrogens is 223 g/mol. The van der Waals surface area contributed by atoms with Gasteiger partial charge in [0.1, 0.15) is 0 Å². The van der Waals surface area contributed by atoms with Crippen LogP contribution in [0.3, 0.4) is 0 Å². The van der Waals surface area contributed by atoms with Crippen molar-refractivity contribution in [2.75, 3.05) is 0 Å². The maximum absolute atomic E-state index is 3.61. The van der Waals surface area contributed by atoms with Gasteiger partial charge in [0.2, 0.25) is 0 Å². The van der Waals surface area contributed by atoms with E-state index in [1.165, 1.54) is 0 Å². The first kappa shape index (κ1) is 7.20. The standard InChI is InChI=1S/C3H3IN2S/c4-5-2-1-3-6-7/h1-2,7H. The molecule has 38 valence electrons. The minimum atomic E-state index is 1.57. The molecular formula is C3H3IN2S. The number of thiol groups is 1. The Hall–Kier alpha value is 0.200. The fraction of sp³-hybridized carbons (Fsp3) is 0. The molecule has 0 aliphatic rings. The molecule has 0 aromatic heterocycles. The van der Waals surface area contributed by atoms with Crippen LogP contribution in [0.25, 0.3) is 0 Å². The van der Waals surface area contributed by atoms with Crippen molar-refractivity contribution in [1.82, 2.24) is 0 Å². The summed E-state index contributed by atoms with van der Waals surface area (Å²) in [7, 11) is 0. The van der Waals surface area contributed by atoms with Gasteiger partial charge in [0.15, 0.2) is 0 Å². The zero-order valence-electron chi connectivity index (χ0n) is 3.37. The third-order valence-corrected chi connectivity index (χ3v) is 0.700. The van der Waals surface area contributed by atoms with Gasteiger partial charge in [-0.25, -0.2) is 3.21 Å². The number of rotatable bonds is 1. The summed E-state index contributed by atoms with van der Waals surface area (Å²) in [5.74, 6) is 2.46. The second-order valence-electron chi connectivity index (χ2n) is 0.642. The van der Waals surface area contributed by atoms with Crippen LogP contribution < -0.4 is 0 Å². The quantitative estimate of drug-likeness (QED) is 0.398. The largest absolute Gasteiger partial charge is 0.222 e. The molecule has 0 amide bonds. The van der Waals surface area contributed by atoms with Gasteiger partial charge in [-0.05, 0) is 18.7 Å². The fourth-order valence-electron chi connectivity index (χ4n) is 0.0948. The third kappa shape index (κ3) is 6.20. The number of halogens is 1. The van der Waals surface area contributed by atoms with Gasteiger partial charge in [-0.3, -0.25) is 0 Å². The molecule has 0 rings (SSSR count). The zero-order valence-corrected chi connectivity index (χ0v) is 6.43. The van der Waals surface area contributed by atoms with Crippen LogP contribution in [0.5, 0.6) is 0 Å². The first-order valence-corrected chi connectivity index (χ1v) is 2.84. The van der Waals surface area contributed by atoms with Gasteiger partial charge in [0, 0.05) is 12.3 Å². The number of hydrogen-bond donors (Lipinski definition) is 1. The average molecular weight is 226 g/mol. The van der Waals surface area contributed by atoms with E-state index in [4.69, 9.17) is 0 Å². The summed E-state index contributed by atoms with van der Waals surface area (Å²) < 4.78 is 6.87. The topological polar surface area (TPSA) is 24.7 Å². The molecule has 7 heavy (non-hydrogen) atoms. The maximum Gasteiger partial charge on any atom is 0.0831 e. The van der Waals surface area contributed by atoms with Crippen molar-refractivity contribution in [3.8, 4) is 0 Å². The highest BCUT2D eigenvalue weighted by Crippen LogP contribution is 1.76. The normalized spacial score (nSPS) is 8.29. The molecule has 0 fully saturated rings. The highest BCUT2D eigenvalue weighted by molar-refractivity contribution is 14.1. The van der Waals surface area contributed by atoms with E-state index in [1.54, 1.807) is 12.3 Å². The van der Waals surface area contributed by atoms with Gasteiger partial charge in [0.25, 0.3) is 0 Å². The van der Waals surface area contributed by atoms with Crippen molar-refractivity contribution in [3.05, 3.63) is 6.08 Å². The lowest BCUT2D eigenvalue weighted by Crippen LogP contribution is -1.54. The van der Waals surface area contributed by atoms with Crippen LogP contribution in [0.15, 0.2) is 13.7 Å². The molecule has 0 saturated heterocycles. The SMILES string of the molecule is SN=C=CC=NI.